The molecule has 0 saturated carbocycles. The number of rotatable bonds is 4. The molecule has 0 aliphatic rings. The first-order chi connectivity index (χ1) is 9.74. The Hall–Kier alpha value is -1.58. The van der Waals surface area contributed by atoms with E-state index in [1.54, 1.807) is 0 Å². The monoisotopic (exact) mass is 328 g/mol. The third-order valence-corrected chi connectivity index (χ3v) is 4.18. The summed E-state index contributed by atoms with van der Waals surface area (Å²) >= 11 is 3.47. The minimum Gasteiger partial charge on any atom is -0.361 e. The summed E-state index contributed by atoms with van der Waals surface area (Å²) in [5.41, 5.74) is 3.82. The Morgan fingerprint density at radius 3 is 2.70 bits per heavy atom. The zero-order chi connectivity index (χ0) is 13.9. The van der Waals surface area contributed by atoms with Gasteiger partial charge in [0.15, 0.2) is 0 Å². The van der Waals surface area contributed by atoms with Crippen LogP contribution >= 0.6 is 15.9 Å². The molecule has 0 saturated heterocycles. The van der Waals surface area contributed by atoms with E-state index < -0.39 is 0 Å². The maximum atomic E-state index is 3.59. The van der Waals surface area contributed by atoms with Gasteiger partial charge in [-0.15, -0.1) is 0 Å². The van der Waals surface area contributed by atoms with Gasteiger partial charge in [-0.2, -0.15) is 0 Å². The normalized spacial score (nSPS) is 12.7. The molecule has 3 rings (SSSR count). The van der Waals surface area contributed by atoms with Crippen LogP contribution in [0.3, 0.4) is 0 Å². The van der Waals surface area contributed by atoms with Crippen molar-refractivity contribution >= 4 is 26.8 Å². The van der Waals surface area contributed by atoms with Gasteiger partial charge in [0.1, 0.15) is 0 Å². The summed E-state index contributed by atoms with van der Waals surface area (Å²) < 4.78 is 1.12. The van der Waals surface area contributed by atoms with Gasteiger partial charge in [0.2, 0.25) is 0 Å². The summed E-state index contributed by atoms with van der Waals surface area (Å²) in [4.78, 5) is 3.25. The van der Waals surface area contributed by atoms with Crippen LogP contribution in [0.25, 0.3) is 10.9 Å². The summed E-state index contributed by atoms with van der Waals surface area (Å²) in [6.07, 6.45) is 1.99. The molecule has 1 aromatic heterocycles. The smallest absolute Gasteiger partial charge is 0.0457 e. The number of fused-ring (bicyclic) bond motifs is 1. The average Bonchev–Trinajstić information content (AvgIpc) is 2.94. The van der Waals surface area contributed by atoms with Crippen molar-refractivity contribution in [2.75, 3.05) is 0 Å². The molecule has 2 nitrogen and oxygen atoms in total. The van der Waals surface area contributed by atoms with E-state index in [2.05, 4.69) is 81.7 Å². The molecule has 0 aliphatic carbocycles. The van der Waals surface area contributed by atoms with Crippen LogP contribution in [0.1, 0.15) is 24.1 Å². The standard InChI is InChI=1S/C17H17BrN2/c1-12(13-5-7-15(18)8-6-13)20-11-14-3-2-4-17-16(14)9-10-19-17/h2-10,12,19-20H,11H2,1H3. The first-order valence-electron chi connectivity index (χ1n) is 6.78. The molecule has 1 atom stereocenters. The Morgan fingerprint density at radius 1 is 1.10 bits per heavy atom. The largest absolute Gasteiger partial charge is 0.361 e. The van der Waals surface area contributed by atoms with Crippen LogP contribution in [0.4, 0.5) is 0 Å². The first kappa shape index (κ1) is 13.4. The number of hydrogen-bond donors (Lipinski definition) is 2. The molecular formula is C17H17BrN2. The molecule has 0 aliphatic heterocycles. The van der Waals surface area contributed by atoms with Crippen molar-refractivity contribution in [3.05, 3.63) is 70.3 Å². The van der Waals surface area contributed by atoms with Crippen molar-refractivity contribution in [3.63, 3.8) is 0 Å². The second-order valence-corrected chi connectivity index (χ2v) is 5.93. The minimum atomic E-state index is 0.331. The number of aromatic amines is 1. The Morgan fingerprint density at radius 2 is 1.90 bits per heavy atom. The highest BCUT2D eigenvalue weighted by molar-refractivity contribution is 9.10. The van der Waals surface area contributed by atoms with Crippen LogP contribution in [-0.4, -0.2) is 4.98 Å². The highest BCUT2D eigenvalue weighted by Crippen LogP contribution is 2.20. The van der Waals surface area contributed by atoms with Gasteiger partial charge >= 0.3 is 0 Å². The quantitative estimate of drug-likeness (QED) is 0.708. The topological polar surface area (TPSA) is 27.8 Å². The van der Waals surface area contributed by atoms with Crippen LogP contribution in [0.15, 0.2) is 59.2 Å². The number of H-pyrrole nitrogens is 1. The Kier molecular flexibility index (Phi) is 3.90. The predicted molar refractivity (Wildman–Crippen MR) is 87.7 cm³/mol. The van der Waals surface area contributed by atoms with Crippen molar-refractivity contribution in [1.29, 1.82) is 0 Å². The van der Waals surface area contributed by atoms with E-state index in [1.165, 1.54) is 22.0 Å². The minimum absolute atomic E-state index is 0.331. The lowest BCUT2D eigenvalue weighted by Gasteiger charge is -2.15. The first-order valence-corrected chi connectivity index (χ1v) is 7.57. The molecule has 0 amide bonds. The van der Waals surface area contributed by atoms with Gasteiger partial charge in [0.25, 0.3) is 0 Å². The zero-order valence-corrected chi connectivity index (χ0v) is 12.9. The second-order valence-electron chi connectivity index (χ2n) is 5.01. The Balaban J connectivity index is 1.73. The third-order valence-electron chi connectivity index (χ3n) is 3.65. The van der Waals surface area contributed by atoms with Gasteiger partial charge in [-0.25, -0.2) is 0 Å². The van der Waals surface area contributed by atoms with Gasteiger partial charge in [-0.3, -0.25) is 0 Å². The lowest BCUT2D eigenvalue weighted by Crippen LogP contribution is -2.18. The molecule has 0 radical (unpaired) electrons. The van der Waals surface area contributed by atoms with Crippen molar-refractivity contribution in [2.45, 2.75) is 19.5 Å². The fraction of sp³-hybridized carbons (Fsp3) is 0.176. The van der Waals surface area contributed by atoms with Crippen molar-refractivity contribution in [3.8, 4) is 0 Å². The van der Waals surface area contributed by atoms with Crippen molar-refractivity contribution in [1.82, 2.24) is 10.3 Å². The number of aromatic nitrogens is 1. The van der Waals surface area contributed by atoms with E-state index >= 15 is 0 Å². The van der Waals surface area contributed by atoms with E-state index in [0.29, 0.717) is 6.04 Å². The van der Waals surface area contributed by atoms with Gasteiger partial charge in [-0.05, 0) is 42.3 Å². The van der Waals surface area contributed by atoms with Gasteiger partial charge in [0, 0.05) is 34.2 Å². The van der Waals surface area contributed by atoms with Gasteiger partial charge in [-0.1, -0.05) is 40.2 Å². The van der Waals surface area contributed by atoms with Crippen LogP contribution in [0.5, 0.6) is 0 Å². The summed E-state index contributed by atoms with van der Waals surface area (Å²) in [6.45, 7) is 3.06. The maximum absolute atomic E-state index is 3.59. The molecule has 1 heterocycles. The Labute approximate surface area is 127 Å². The lowest BCUT2D eigenvalue weighted by molar-refractivity contribution is 0.576. The average molecular weight is 329 g/mol. The summed E-state index contributed by atoms with van der Waals surface area (Å²) in [5.74, 6) is 0. The molecule has 3 aromatic rings. The summed E-state index contributed by atoms with van der Waals surface area (Å²) in [7, 11) is 0. The fourth-order valence-corrected chi connectivity index (χ4v) is 2.70. The molecule has 0 spiro atoms. The zero-order valence-electron chi connectivity index (χ0n) is 11.4. The van der Waals surface area contributed by atoms with Crippen molar-refractivity contribution in [2.24, 2.45) is 0 Å². The molecule has 102 valence electrons. The number of nitrogens with one attached hydrogen (secondary N) is 2. The molecule has 0 bridgehead atoms. The summed E-state index contributed by atoms with van der Waals surface area (Å²) in [6, 6.07) is 17.3. The van der Waals surface area contributed by atoms with Crippen LogP contribution < -0.4 is 5.32 Å². The van der Waals surface area contributed by atoms with E-state index in [9.17, 15) is 0 Å². The van der Waals surface area contributed by atoms with Gasteiger partial charge < -0.3 is 10.3 Å². The molecule has 3 heteroatoms. The van der Waals surface area contributed by atoms with Gasteiger partial charge in [0.05, 0.1) is 0 Å². The van der Waals surface area contributed by atoms with Crippen LogP contribution in [0.2, 0.25) is 0 Å². The lowest BCUT2D eigenvalue weighted by atomic mass is 10.1. The molecule has 2 aromatic carbocycles. The highest BCUT2D eigenvalue weighted by atomic mass is 79.9. The third kappa shape index (κ3) is 2.79. The number of hydrogen-bond acceptors (Lipinski definition) is 1. The molecule has 2 N–H and O–H groups in total. The maximum Gasteiger partial charge on any atom is 0.0457 e. The Bertz CT molecular complexity index is 700. The predicted octanol–water partition coefficient (Wildman–Crippen LogP) is 4.78. The molecule has 1 unspecified atom stereocenters. The highest BCUT2D eigenvalue weighted by Gasteiger charge is 2.06. The SMILES string of the molecule is CC(NCc1cccc2[nH]ccc12)c1ccc(Br)cc1. The number of benzene rings is 2. The molecule has 20 heavy (non-hydrogen) atoms. The van der Waals surface area contributed by atoms with Crippen LogP contribution in [0, 0.1) is 0 Å². The van der Waals surface area contributed by atoms with Crippen molar-refractivity contribution < 1.29 is 0 Å². The molecule has 0 fully saturated rings. The van der Waals surface area contributed by atoms with E-state index in [4.69, 9.17) is 0 Å². The number of halogens is 1. The van der Waals surface area contributed by atoms with E-state index in [-0.39, 0.29) is 0 Å². The fourth-order valence-electron chi connectivity index (χ4n) is 2.44. The summed E-state index contributed by atoms with van der Waals surface area (Å²) in [5, 5.41) is 4.88. The molecular weight excluding hydrogens is 312 g/mol. The van der Waals surface area contributed by atoms with E-state index in [0.717, 1.165) is 11.0 Å². The van der Waals surface area contributed by atoms with Crippen LogP contribution in [-0.2, 0) is 6.54 Å². The second kappa shape index (κ2) is 5.81. The van der Waals surface area contributed by atoms with E-state index in [1.807, 2.05) is 6.20 Å².